The largest absolute Gasteiger partial charge is 0.462 e. The number of halogens is 2. The topological polar surface area (TPSA) is 81.7 Å². The van der Waals surface area contributed by atoms with Crippen molar-refractivity contribution in [1.82, 2.24) is 0 Å². The monoisotopic (exact) mass is 387 g/mol. The first-order valence-corrected chi connectivity index (χ1v) is 8.27. The number of anilines is 1. The summed E-state index contributed by atoms with van der Waals surface area (Å²) in [6.45, 7) is 6.40. The Labute approximate surface area is 156 Å². The molecule has 0 aliphatic heterocycles. The van der Waals surface area contributed by atoms with Crippen LogP contribution in [0.2, 0.25) is 10.0 Å². The van der Waals surface area contributed by atoms with Gasteiger partial charge in [0, 0.05) is 11.2 Å². The fourth-order valence-electron chi connectivity index (χ4n) is 1.78. The van der Waals surface area contributed by atoms with E-state index in [0.29, 0.717) is 0 Å². The second kappa shape index (κ2) is 9.44. The van der Waals surface area contributed by atoms with Crippen molar-refractivity contribution in [1.29, 1.82) is 0 Å². The van der Waals surface area contributed by atoms with Crippen LogP contribution in [-0.4, -0.2) is 30.4 Å². The highest BCUT2D eigenvalue weighted by Gasteiger charge is 2.19. The molecule has 136 valence electrons. The van der Waals surface area contributed by atoms with Gasteiger partial charge in [-0.1, -0.05) is 23.2 Å². The number of hydrogen-bond acceptors (Lipinski definition) is 6. The maximum absolute atomic E-state index is 12.1. The number of esters is 2. The van der Waals surface area contributed by atoms with Crippen molar-refractivity contribution in [3.05, 3.63) is 39.5 Å². The average molecular weight is 388 g/mol. The van der Waals surface area contributed by atoms with Crippen LogP contribution >= 0.6 is 23.2 Å². The fourth-order valence-corrected chi connectivity index (χ4v) is 2.24. The molecule has 0 aliphatic rings. The minimum Gasteiger partial charge on any atom is -0.462 e. The number of ether oxygens (including phenoxy) is 2. The van der Waals surface area contributed by atoms with Crippen molar-refractivity contribution in [2.45, 2.75) is 33.8 Å². The van der Waals surface area contributed by atoms with E-state index in [-0.39, 0.29) is 39.6 Å². The lowest BCUT2D eigenvalue weighted by Crippen LogP contribution is -2.15. The number of carbonyl (C=O) groups is 3. The van der Waals surface area contributed by atoms with Crippen LogP contribution in [0.5, 0.6) is 0 Å². The second-order valence-electron chi connectivity index (χ2n) is 5.25. The first kappa shape index (κ1) is 21.0. The smallest absolute Gasteiger partial charge is 0.343 e. The zero-order valence-corrected chi connectivity index (χ0v) is 15.8. The molecule has 0 radical (unpaired) electrons. The van der Waals surface area contributed by atoms with Crippen molar-refractivity contribution < 1.29 is 23.9 Å². The normalized spacial score (nSPS) is 11.2. The molecule has 0 saturated heterocycles. The maximum atomic E-state index is 12.1. The average Bonchev–Trinajstić information content (AvgIpc) is 2.49. The van der Waals surface area contributed by atoms with Crippen LogP contribution in [0.4, 0.5) is 5.69 Å². The van der Waals surface area contributed by atoms with Crippen molar-refractivity contribution in [2.75, 3.05) is 11.9 Å². The molecular formula is C17H19Cl2NO5. The van der Waals surface area contributed by atoms with Gasteiger partial charge in [-0.2, -0.15) is 0 Å². The highest BCUT2D eigenvalue weighted by Crippen LogP contribution is 2.31. The molecule has 0 unspecified atom stereocenters. The van der Waals surface area contributed by atoms with Crippen molar-refractivity contribution in [3.63, 3.8) is 0 Å². The Hall–Kier alpha value is -2.05. The number of benzene rings is 1. The van der Waals surface area contributed by atoms with Crippen LogP contribution in [0.1, 0.15) is 38.1 Å². The first-order valence-electron chi connectivity index (χ1n) is 7.52. The van der Waals surface area contributed by atoms with Crippen LogP contribution in [-0.2, 0) is 19.1 Å². The van der Waals surface area contributed by atoms with E-state index in [1.807, 2.05) is 0 Å². The molecule has 1 aromatic carbocycles. The molecule has 0 spiro atoms. The Morgan fingerprint density at radius 2 is 1.88 bits per heavy atom. The summed E-state index contributed by atoms with van der Waals surface area (Å²) in [6.07, 6.45) is 0.835. The summed E-state index contributed by atoms with van der Waals surface area (Å²) in [7, 11) is 0. The zero-order chi connectivity index (χ0) is 19.1. The standard InChI is InChI=1S/C17H19Cl2NO5/c1-5-24-16(22)13(10(4)21)8-20-14-7-11(18)6-12(15(14)19)17(23)25-9(2)3/h6-9,20H,5H2,1-4H3. The minimum atomic E-state index is -0.764. The lowest BCUT2D eigenvalue weighted by molar-refractivity contribution is -0.139. The van der Waals surface area contributed by atoms with Gasteiger partial charge in [-0.25, -0.2) is 9.59 Å². The Morgan fingerprint density at radius 3 is 2.40 bits per heavy atom. The highest BCUT2D eigenvalue weighted by atomic mass is 35.5. The summed E-state index contributed by atoms with van der Waals surface area (Å²) in [5.74, 6) is -1.88. The van der Waals surface area contributed by atoms with Gasteiger partial charge in [0.2, 0.25) is 0 Å². The molecular weight excluding hydrogens is 369 g/mol. The van der Waals surface area contributed by atoms with E-state index in [9.17, 15) is 14.4 Å². The van der Waals surface area contributed by atoms with Gasteiger partial charge in [0.15, 0.2) is 5.78 Å². The van der Waals surface area contributed by atoms with Gasteiger partial charge in [0.05, 0.1) is 29.0 Å². The van der Waals surface area contributed by atoms with Gasteiger partial charge in [-0.05, 0) is 39.8 Å². The number of carbonyl (C=O) groups excluding carboxylic acids is 3. The molecule has 0 atom stereocenters. The predicted molar refractivity (Wildman–Crippen MR) is 96.0 cm³/mol. The molecule has 8 heteroatoms. The molecule has 1 rings (SSSR count). The van der Waals surface area contributed by atoms with Gasteiger partial charge in [0.1, 0.15) is 5.57 Å². The lowest BCUT2D eigenvalue weighted by atomic mass is 10.1. The molecule has 0 saturated carbocycles. The van der Waals surface area contributed by atoms with E-state index in [1.165, 1.54) is 19.1 Å². The summed E-state index contributed by atoms with van der Waals surface area (Å²) in [4.78, 5) is 35.4. The third-order valence-electron chi connectivity index (χ3n) is 2.85. The second-order valence-corrected chi connectivity index (χ2v) is 6.06. The quantitative estimate of drug-likeness (QED) is 0.329. The highest BCUT2D eigenvalue weighted by molar-refractivity contribution is 6.38. The van der Waals surface area contributed by atoms with Crippen LogP contribution < -0.4 is 5.32 Å². The van der Waals surface area contributed by atoms with E-state index < -0.39 is 17.7 Å². The maximum Gasteiger partial charge on any atom is 0.343 e. The predicted octanol–water partition coefficient (Wildman–Crippen LogP) is 4.01. The van der Waals surface area contributed by atoms with Gasteiger partial charge < -0.3 is 14.8 Å². The molecule has 0 fully saturated rings. The number of nitrogens with one attached hydrogen (secondary N) is 1. The lowest BCUT2D eigenvalue weighted by Gasteiger charge is -2.13. The summed E-state index contributed by atoms with van der Waals surface area (Å²) >= 11 is 12.2. The van der Waals surface area contributed by atoms with Gasteiger partial charge >= 0.3 is 11.9 Å². The fraction of sp³-hybridized carbons (Fsp3) is 0.353. The van der Waals surface area contributed by atoms with Crippen molar-refractivity contribution in [3.8, 4) is 0 Å². The van der Waals surface area contributed by atoms with Crippen LogP contribution in [0.25, 0.3) is 0 Å². The van der Waals surface area contributed by atoms with E-state index >= 15 is 0 Å². The first-order chi connectivity index (χ1) is 11.7. The van der Waals surface area contributed by atoms with E-state index in [0.717, 1.165) is 6.20 Å². The summed E-state index contributed by atoms with van der Waals surface area (Å²) in [6, 6.07) is 2.83. The minimum absolute atomic E-state index is 0.0538. The molecule has 1 N–H and O–H groups in total. The van der Waals surface area contributed by atoms with E-state index in [2.05, 4.69) is 5.32 Å². The Balaban J connectivity index is 3.19. The molecule has 0 amide bonds. The van der Waals surface area contributed by atoms with E-state index in [4.69, 9.17) is 32.7 Å². The van der Waals surface area contributed by atoms with Gasteiger partial charge in [0.25, 0.3) is 0 Å². The van der Waals surface area contributed by atoms with Crippen LogP contribution in [0, 0.1) is 0 Å². The Morgan fingerprint density at radius 1 is 1.24 bits per heavy atom. The zero-order valence-electron chi connectivity index (χ0n) is 14.3. The van der Waals surface area contributed by atoms with E-state index in [1.54, 1.807) is 20.8 Å². The SMILES string of the molecule is CCOC(=O)C(=CNc1cc(Cl)cc(C(=O)OC(C)C)c1Cl)C(C)=O. The summed E-state index contributed by atoms with van der Waals surface area (Å²) < 4.78 is 9.92. The van der Waals surface area contributed by atoms with Crippen molar-refractivity contribution >= 4 is 46.6 Å². The third-order valence-corrected chi connectivity index (χ3v) is 3.47. The van der Waals surface area contributed by atoms with Crippen molar-refractivity contribution in [2.24, 2.45) is 0 Å². The molecule has 25 heavy (non-hydrogen) atoms. The molecule has 0 aliphatic carbocycles. The van der Waals surface area contributed by atoms with Gasteiger partial charge in [-0.15, -0.1) is 0 Å². The number of Topliss-reactive ketones (excluding diaryl/α,β-unsaturated/α-hetero) is 1. The van der Waals surface area contributed by atoms with Crippen LogP contribution in [0.3, 0.4) is 0 Å². The number of hydrogen-bond donors (Lipinski definition) is 1. The Kier molecular flexibility index (Phi) is 7.93. The summed E-state index contributed by atoms with van der Waals surface area (Å²) in [5, 5.41) is 3.00. The molecule has 6 nitrogen and oxygen atoms in total. The number of ketones is 1. The van der Waals surface area contributed by atoms with Crippen LogP contribution in [0.15, 0.2) is 23.9 Å². The number of rotatable bonds is 7. The molecule has 0 aromatic heterocycles. The molecule has 1 aromatic rings. The third kappa shape index (κ3) is 6.07. The van der Waals surface area contributed by atoms with Gasteiger partial charge in [-0.3, -0.25) is 4.79 Å². The molecule has 0 heterocycles. The molecule has 0 bridgehead atoms. The summed E-state index contributed by atoms with van der Waals surface area (Å²) in [5.41, 5.74) is 0.122. The Bertz CT molecular complexity index is 713.